The van der Waals surface area contributed by atoms with Crippen molar-refractivity contribution in [1.29, 1.82) is 0 Å². The van der Waals surface area contributed by atoms with E-state index in [2.05, 4.69) is 0 Å². The van der Waals surface area contributed by atoms with E-state index in [0.717, 1.165) is 12.0 Å². The number of ketones is 1. The van der Waals surface area contributed by atoms with Crippen LogP contribution >= 0.6 is 0 Å². The molecular formula is C27H38O7S2. The highest BCUT2D eigenvalue weighted by atomic mass is 32.2. The summed E-state index contributed by atoms with van der Waals surface area (Å²) in [6, 6.07) is 6.77. The van der Waals surface area contributed by atoms with Crippen molar-refractivity contribution >= 4 is 26.0 Å². The fourth-order valence-corrected chi connectivity index (χ4v) is 6.26. The molecule has 7 nitrogen and oxygen atoms in total. The topological polar surface area (TPSA) is 104 Å². The highest BCUT2D eigenvalue weighted by Crippen LogP contribution is 2.24. The Labute approximate surface area is 216 Å². The Kier molecular flexibility index (Phi) is 11.4. The zero-order valence-electron chi connectivity index (χ0n) is 21.6. The van der Waals surface area contributed by atoms with Crippen molar-refractivity contribution in [2.75, 3.05) is 0 Å². The first-order chi connectivity index (χ1) is 17.0. The summed E-state index contributed by atoms with van der Waals surface area (Å²) in [7, 11) is -7.40. The lowest BCUT2D eigenvalue weighted by Crippen LogP contribution is -2.23. The molecule has 1 aliphatic rings. The molecule has 0 aromatic heterocycles. The summed E-state index contributed by atoms with van der Waals surface area (Å²) in [6.07, 6.45) is 12.0. The Morgan fingerprint density at radius 3 is 2.47 bits per heavy atom. The van der Waals surface area contributed by atoms with Crippen LogP contribution < -0.4 is 4.18 Å². The number of hydrogen-bond acceptors (Lipinski definition) is 7. The molecule has 1 aromatic carbocycles. The van der Waals surface area contributed by atoms with E-state index in [1.54, 1.807) is 43.4 Å². The normalized spacial score (nSPS) is 17.2. The minimum Gasteiger partial charge on any atom is -0.383 e. The molecule has 200 valence electrons. The molecule has 2 atom stereocenters. The van der Waals surface area contributed by atoms with Gasteiger partial charge in [-0.05, 0) is 75.0 Å². The molecule has 2 rings (SSSR count). The van der Waals surface area contributed by atoms with Gasteiger partial charge in [-0.1, -0.05) is 51.5 Å². The van der Waals surface area contributed by atoms with Crippen molar-refractivity contribution in [1.82, 2.24) is 0 Å². The fraction of sp³-hybridized carbons (Fsp3) is 0.519. The van der Waals surface area contributed by atoms with Crippen LogP contribution in [0.5, 0.6) is 5.75 Å². The van der Waals surface area contributed by atoms with Crippen molar-refractivity contribution in [3.8, 4) is 5.75 Å². The number of allylic oxidation sites excluding steroid dienone is 5. The van der Waals surface area contributed by atoms with Gasteiger partial charge in [0.25, 0.3) is 0 Å². The molecule has 0 saturated carbocycles. The van der Waals surface area contributed by atoms with Crippen LogP contribution in [0.3, 0.4) is 0 Å². The highest BCUT2D eigenvalue weighted by molar-refractivity contribution is 7.87. The fourth-order valence-electron chi connectivity index (χ4n) is 3.87. The predicted molar refractivity (Wildman–Crippen MR) is 143 cm³/mol. The number of hydrogen-bond donors (Lipinski definition) is 0. The Bertz CT molecular complexity index is 1170. The minimum absolute atomic E-state index is 0.0828. The van der Waals surface area contributed by atoms with E-state index >= 15 is 0 Å². The molecule has 0 aliphatic heterocycles. The summed E-state index contributed by atoms with van der Waals surface area (Å²) in [5.74, 6) is 0.294. The zero-order valence-corrected chi connectivity index (χ0v) is 23.2. The Morgan fingerprint density at radius 2 is 1.81 bits per heavy atom. The molecule has 0 bridgehead atoms. The van der Waals surface area contributed by atoms with Crippen LogP contribution in [0.4, 0.5) is 0 Å². The van der Waals surface area contributed by atoms with Crippen LogP contribution in [0.25, 0.3) is 0 Å². The van der Waals surface area contributed by atoms with Crippen molar-refractivity contribution < 1.29 is 30.0 Å². The van der Waals surface area contributed by atoms with Crippen molar-refractivity contribution in [3.63, 3.8) is 0 Å². The lowest BCUT2D eigenvalue weighted by molar-refractivity contribution is -0.114. The summed E-state index contributed by atoms with van der Waals surface area (Å²) in [4.78, 5) is 12.4. The van der Waals surface area contributed by atoms with Gasteiger partial charge in [-0.25, -0.2) is 0 Å². The first kappa shape index (κ1) is 29.8. The standard InChI is InChI=1S/C27H38O7S2/c1-5-10-21(4)35(29,30)33-25-13-8-11-22(19-25)15-17-24(28)18-16-23-12-9-14-26(20-23)34-36(31,32)27(6-2)7-3/h8-9,11,13-14,16,18-21,23,27H,5-7,10,12,15,17H2,1-4H3/b18-16+. The second-order valence-electron chi connectivity index (χ2n) is 9.03. The van der Waals surface area contributed by atoms with Gasteiger partial charge in [0, 0.05) is 12.3 Å². The van der Waals surface area contributed by atoms with Gasteiger partial charge < -0.3 is 8.37 Å². The third-order valence-electron chi connectivity index (χ3n) is 6.09. The van der Waals surface area contributed by atoms with Gasteiger partial charge in [0.05, 0.1) is 10.5 Å². The van der Waals surface area contributed by atoms with Gasteiger partial charge in [-0.15, -0.1) is 0 Å². The third-order valence-corrected chi connectivity index (χ3v) is 9.64. The molecule has 0 spiro atoms. The molecule has 0 N–H and O–H groups in total. The summed E-state index contributed by atoms with van der Waals surface area (Å²) in [5, 5.41) is -1.14. The summed E-state index contributed by atoms with van der Waals surface area (Å²) < 4.78 is 60.1. The molecule has 0 saturated heterocycles. The number of carbonyl (C=O) groups excluding carboxylic acids is 1. The largest absolute Gasteiger partial charge is 0.383 e. The summed E-state index contributed by atoms with van der Waals surface area (Å²) >= 11 is 0. The molecule has 1 aromatic rings. The van der Waals surface area contributed by atoms with Crippen molar-refractivity contribution in [3.05, 3.63) is 66.0 Å². The van der Waals surface area contributed by atoms with E-state index in [1.165, 1.54) is 6.08 Å². The van der Waals surface area contributed by atoms with Crippen LogP contribution in [-0.2, 0) is 35.6 Å². The second kappa shape index (κ2) is 13.8. The van der Waals surface area contributed by atoms with E-state index in [-0.39, 0.29) is 29.6 Å². The number of carbonyl (C=O) groups is 1. The van der Waals surface area contributed by atoms with Gasteiger partial charge in [0.1, 0.15) is 11.5 Å². The van der Waals surface area contributed by atoms with Crippen molar-refractivity contribution in [2.45, 2.75) is 83.1 Å². The van der Waals surface area contributed by atoms with Gasteiger partial charge in [-0.2, -0.15) is 16.8 Å². The first-order valence-electron chi connectivity index (χ1n) is 12.6. The number of aryl methyl sites for hydroxylation is 1. The van der Waals surface area contributed by atoms with Gasteiger partial charge in [0.2, 0.25) is 0 Å². The van der Waals surface area contributed by atoms with Gasteiger partial charge in [-0.3, -0.25) is 4.79 Å². The maximum absolute atomic E-state index is 12.4. The van der Waals surface area contributed by atoms with Crippen LogP contribution in [0.1, 0.15) is 71.8 Å². The molecule has 0 fully saturated rings. The van der Waals surface area contributed by atoms with E-state index < -0.39 is 30.7 Å². The van der Waals surface area contributed by atoms with E-state index in [1.807, 2.05) is 32.9 Å². The highest BCUT2D eigenvalue weighted by Gasteiger charge is 2.25. The maximum atomic E-state index is 12.4. The molecule has 36 heavy (non-hydrogen) atoms. The molecule has 0 heterocycles. The smallest absolute Gasteiger partial charge is 0.312 e. The van der Waals surface area contributed by atoms with Crippen LogP contribution in [0, 0.1) is 5.92 Å². The molecule has 2 unspecified atom stereocenters. The van der Waals surface area contributed by atoms with E-state index in [4.69, 9.17) is 8.37 Å². The lowest BCUT2D eigenvalue weighted by atomic mass is 9.98. The number of rotatable bonds is 15. The minimum atomic E-state index is -3.71. The molecule has 1 aliphatic carbocycles. The van der Waals surface area contributed by atoms with Crippen molar-refractivity contribution in [2.24, 2.45) is 5.92 Å². The second-order valence-corrected chi connectivity index (χ2v) is 12.8. The zero-order chi connectivity index (χ0) is 26.8. The SMILES string of the molecule is CCCC(C)S(=O)(=O)Oc1cccc(CCC(=O)/C=C/C2C=C(OS(=O)(=O)C(CC)CC)C=CC2)c1. The Balaban J connectivity index is 1.94. The third kappa shape index (κ3) is 9.24. The predicted octanol–water partition coefficient (Wildman–Crippen LogP) is 5.64. The Hall–Kier alpha value is -2.39. The van der Waals surface area contributed by atoms with Gasteiger partial charge in [0.15, 0.2) is 5.78 Å². The first-order valence-corrected chi connectivity index (χ1v) is 15.5. The molecule has 0 radical (unpaired) electrons. The van der Waals surface area contributed by atoms with E-state index in [0.29, 0.717) is 32.1 Å². The number of benzene rings is 1. The Morgan fingerprint density at radius 1 is 1.08 bits per heavy atom. The monoisotopic (exact) mass is 538 g/mol. The molecule has 9 heteroatoms. The van der Waals surface area contributed by atoms with Crippen LogP contribution in [0.2, 0.25) is 0 Å². The molecular weight excluding hydrogens is 500 g/mol. The summed E-state index contributed by atoms with van der Waals surface area (Å²) in [5.41, 5.74) is 0.801. The quantitative estimate of drug-likeness (QED) is 0.210. The lowest BCUT2D eigenvalue weighted by Gasteiger charge is -2.18. The van der Waals surface area contributed by atoms with Crippen LogP contribution in [0.15, 0.2) is 60.4 Å². The maximum Gasteiger partial charge on any atom is 0.312 e. The van der Waals surface area contributed by atoms with Crippen LogP contribution in [-0.4, -0.2) is 33.1 Å². The average molecular weight is 539 g/mol. The average Bonchev–Trinajstić information content (AvgIpc) is 2.82. The van der Waals surface area contributed by atoms with E-state index in [9.17, 15) is 21.6 Å². The summed E-state index contributed by atoms with van der Waals surface area (Å²) in [6.45, 7) is 7.19. The molecule has 0 amide bonds. The van der Waals surface area contributed by atoms with Gasteiger partial charge >= 0.3 is 20.2 Å².